The van der Waals surface area contributed by atoms with Gasteiger partial charge in [0.05, 0.1) is 12.5 Å². The van der Waals surface area contributed by atoms with Crippen molar-refractivity contribution < 1.29 is 39.0 Å². The SMILES string of the molecule is CC(C)CC(NC(=O)C(CC(=O)O)NC(=O)C(CCCN=C(N)N)NC(=O)C(N)CCC(N)=O)C(=O)O. The maximum Gasteiger partial charge on any atom is 0.326 e. The van der Waals surface area contributed by atoms with Crippen LogP contribution in [0, 0.1) is 5.92 Å². The molecule has 0 heterocycles. The van der Waals surface area contributed by atoms with E-state index < -0.39 is 66.2 Å². The standard InChI is InChI=1S/C21H38N8O8/c1-10(2)8-14(20(36)37)29-19(35)13(9-16(31)32)28-18(34)12(4-3-7-26-21(24)25)27-17(33)11(22)5-6-15(23)30/h10-14H,3-9,22H2,1-2H3,(H2,23,30)(H,27,33)(H,28,34)(H,29,35)(H,31,32)(H,36,37)(H4,24,25,26). The summed E-state index contributed by atoms with van der Waals surface area (Å²) in [6.07, 6.45) is -0.848. The Bertz CT molecular complexity index is 859. The maximum atomic E-state index is 13.0. The number of carbonyl (C=O) groups excluding carboxylic acids is 4. The molecular formula is C21H38N8O8. The predicted octanol–water partition coefficient (Wildman–Crippen LogP) is -3.31. The summed E-state index contributed by atoms with van der Waals surface area (Å²) in [4.78, 5) is 75.7. The average molecular weight is 531 g/mol. The predicted molar refractivity (Wildman–Crippen MR) is 131 cm³/mol. The smallest absolute Gasteiger partial charge is 0.326 e. The molecule has 0 saturated carbocycles. The van der Waals surface area contributed by atoms with Crippen LogP contribution >= 0.6 is 0 Å². The number of carboxylic acid groups (broad SMARTS) is 2. The molecule has 0 bridgehead atoms. The zero-order valence-electron chi connectivity index (χ0n) is 20.9. The van der Waals surface area contributed by atoms with Gasteiger partial charge < -0.3 is 49.1 Å². The number of nitrogens with one attached hydrogen (secondary N) is 3. The van der Waals surface area contributed by atoms with E-state index in [1.165, 1.54) is 0 Å². The average Bonchev–Trinajstić information content (AvgIpc) is 2.77. The molecule has 0 aliphatic heterocycles. The molecule has 0 spiro atoms. The minimum absolute atomic E-state index is 0.0244. The van der Waals surface area contributed by atoms with E-state index in [-0.39, 0.29) is 50.5 Å². The topological polar surface area (TPSA) is 295 Å². The van der Waals surface area contributed by atoms with Crippen molar-refractivity contribution in [2.45, 2.75) is 76.5 Å². The fourth-order valence-electron chi connectivity index (χ4n) is 3.10. The fourth-order valence-corrected chi connectivity index (χ4v) is 3.10. The van der Waals surface area contributed by atoms with Crippen molar-refractivity contribution in [2.24, 2.45) is 33.8 Å². The van der Waals surface area contributed by atoms with Gasteiger partial charge in [0.25, 0.3) is 0 Å². The molecule has 0 aliphatic rings. The second-order valence-corrected chi connectivity index (χ2v) is 8.81. The van der Waals surface area contributed by atoms with Crippen molar-refractivity contribution >= 4 is 41.5 Å². The van der Waals surface area contributed by atoms with Crippen LogP contribution in [0.5, 0.6) is 0 Å². The van der Waals surface area contributed by atoms with Crippen LogP contribution in [0.4, 0.5) is 0 Å². The van der Waals surface area contributed by atoms with E-state index in [4.69, 9.17) is 22.9 Å². The Hall–Kier alpha value is -3.95. The lowest BCUT2D eigenvalue weighted by Gasteiger charge is -2.25. The summed E-state index contributed by atoms with van der Waals surface area (Å²) in [6.45, 7) is 3.58. The van der Waals surface area contributed by atoms with Gasteiger partial charge in [-0.1, -0.05) is 13.8 Å². The molecule has 4 unspecified atom stereocenters. The Labute approximate surface area is 214 Å². The zero-order valence-corrected chi connectivity index (χ0v) is 20.9. The number of carboxylic acids is 2. The van der Waals surface area contributed by atoms with Crippen LogP contribution in [0.1, 0.15) is 52.4 Å². The van der Waals surface area contributed by atoms with Crippen LogP contribution in [0.2, 0.25) is 0 Å². The summed E-state index contributed by atoms with van der Waals surface area (Å²) in [5.41, 5.74) is 21.3. The zero-order chi connectivity index (χ0) is 28.7. The Morgan fingerprint density at radius 2 is 1.35 bits per heavy atom. The van der Waals surface area contributed by atoms with Gasteiger partial charge in [0.15, 0.2) is 5.96 Å². The minimum Gasteiger partial charge on any atom is -0.481 e. The third-order valence-electron chi connectivity index (χ3n) is 4.95. The number of hydrogen-bond acceptors (Lipinski definition) is 8. The second kappa shape index (κ2) is 16.7. The number of nitrogens with two attached hydrogens (primary N) is 4. The number of carbonyl (C=O) groups is 6. The molecular weight excluding hydrogens is 492 g/mol. The molecule has 0 aromatic carbocycles. The van der Waals surface area contributed by atoms with E-state index in [1.54, 1.807) is 13.8 Å². The highest BCUT2D eigenvalue weighted by Crippen LogP contribution is 2.07. The number of primary amides is 1. The van der Waals surface area contributed by atoms with Crippen LogP contribution < -0.4 is 38.9 Å². The first-order chi connectivity index (χ1) is 17.1. The number of aliphatic imine (C=N–C) groups is 1. The maximum absolute atomic E-state index is 13.0. The van der Waals surface area contributed by atoms with Gasteiger partial charge in [0, 0.05) is 13.0 Å². The summed E-state index contributed by atoms with van der Waals surface area (Å²) < 4.78 is 0. The van der Waals surface area contributed by atoms with Crippen molar-refractivity contribution in [1.82, 2.24) is 16.0 Å². The highest BCUT2D eigenvalue weighted by molar-refractivity contribution is 5.95. The number of hydrogen-bond donors (Lipinski definition) is 9. The molecule has 13 N–H and O–H groups in total. The van der Waals surface area contributed by atoms with Crippen molar-refractivity contribution in [2.75, 3.05) is 6.54 Å². The molecule has 0 fully saturated rings. The van der Waals surface area contributed by atoms with Crippen LogP contribution in [0.3, 0.4) is 0 Å². The van der Waals surface area contributed by atoms with Crippen LogP contribution in [0.25, 0.3) is 0 Å². The van der Waals surface area contributed by atoms with Gasteiger partial charge in [-0.2, -0.15) is 0 Å². The van der Waals surface area contributed by atoms with Gasteiger partial charge in [0.2, 0.25) is 23.6 Å². The molecule has 0 saturated heterocycles. The lowest BCUT2D eigenvalue weighted by atomic mass is 10.0. The summed E-state index contributed by atoms with van der Waals surface area (Å²) in [5, 5.41) is 25.5. The Morgan fingerprint density at radius 3 is 1.84 bits per heavy atom. The lowest BCUT2D eigenvalue weighted by molar-refractivity contribution is -0.144. The largest absolute Gasteiger partial charge is 0.481 e. The van der Waals surface area contributed by atoms with Gasteiger partial charge in [-0.3, -0.25) is 29.0 Å². The fraction of sp³-hybridized carbons (Fsp3) is 0.667. The van der Waals surface area contributed by atoms with Gasteiger partial charge >= 0.3 is 11.9 Å². The monoisotopic (exact) mass is 530 g/mol. The van der Waals surface area contributed by atoms with Gasteiger partial charge in [-0.15, -0.1) is 0 Å². The minimum atomic E-state index is -1.64. The number of aliphatic carboxylic acids is 2. The molecule has 37 heavy (non-hydrogen) atoms. The summed E-state index contributed by atoms with van der Waals surface area (Å²) in [7, 11) is 0. The quantitative estimate of drug-likeness (QED) is 0.0480. The Kier molecular flexibility index (Phi) is 14.9. The number of guanidine groups is 1. The Balaban J connectivity index is 5.64. The van der Waals surface area contributed by atoms with E-state index in [0.29, 0.717) is 0 Å². The molecule has 0 aliphatic carbocycles. The molecule has 16 nitrogen and oxygen atoms in total. The van der Waals surface area contributed by atoms with E-state index in [0.717, 1.165) is 0 Å². The molecule has 0 radical (unpaired) electrons. The molecule has 4 amide bonds. The van der Waals surface area contributed by atoms with Gasteiger partial charge in [0.1, 0.15) is 18.1 Å². The second-order valence-electron chi connectivity index (χ2n) is 8.81. The normalized spacial score (nSPS) is 13.9. The first-order valence-electron chi connectivity index (χ1n) is 11.6. The number of rotatable bonds is 18. The molecule has 4 atom stereocenters. The summed E-state index contributed by atoms with van der Waals surface area (Å²) >= 11 is 0. The van der Waals surface area contributed by atoms with Crippen molar-refractivity contribution in [3.05, 3.63) is 0 Å². The van der Waals surface area contributed by atoms with Gasteiger partial charge in [-0.05, 0) is 31.6 Å². The lowest BCUT2D eigenvalue weighted by Crippen LogP contribution is -2.57. The third kappa shape index (κ3) is 14.9. The van der Waals surface area contributed by atoms with Gasteiger partial charge in [-0.25, -0.2) is 4.79 Å². The van der Waals surface area contributed by atoms with E-state index in [2.05, 4.69) is 20.9 Å². The highest BCUT2D eigenvalue weighted by Gasteiger charge is 2.31. The first-order valence-corrected chi connectivity index (χ1v) is 11.6. The molecule has 0 rings (SSSR count). The number of amides is 4. The van der Waals surface area contributed by atoms with E-state index in [1.807, 2.05) is 0 Å². The van der Waals surface area contributed by atoms with E-state index in [9.17, 15) is 39.0 Å². The Morgan fingerprint density at radius 1 is 0.811 bits per heavy atom. The number of nitrogens with zero attached hydrogens (tertiary/aromatic N) is 1. The van der Waals surface area contributed by atoms with Crippen LogP contribution in [0.15, 0.2) is 4.99 Å². The molecule has 0 aromatic rings. The van der Waals surface area contributed by atoms with Crippen molar-refractivity contribution in [3.63, 3.8) is 0 Å². The highest BCUT2D eigenvalue weighted by atomic mass is 16.4. The van der Waals surface area contributed by atoms with Crippen molar-refractivity contribution in [3.8, 4) is 0 Å². The van der Waals surface area contributed by atoms with Crippen LogP contribution in [-0.2, 0) is 28.8 Å². The summed E-state index contributed by atoms with van der Waals surface area (Å²) in [5.74, 6) is -6.44. The third-order valence-corrected chi connectivity index (χ3v) is 4.95. The molecule has 0 aromatic heterocycles. The van der Waals surface area contributed by atoms with E-state index >= 15 is 0 Å². The summed E-state index contributed by atoms with van der Waals surface area (Å²) in [6, 6.07) is -5.40. The first kappa shape index (κ1) is 33.0. The molecule has 210 valence electrons. The van der Waals surface area contributed by atoms with Crippen LogP contribution in [-0.4, -0.2) is 82.5 Å². The molecule has 16 heteroatoms. The van der Waals surface area contributed by atoms with Crippen molar-refractivity contribution in [1.29, 1.82) is 0 Å².